The number of rotatable bonds is 3. The van der Waals surface area contributed by atoms with Gasteiger partial charge in [-0.3, -0.25) is 4.79 Å². The van der Waals surface area contributed by atoms with Crippen molar-refractivity contribution in [2.24, 2.45) is 0 Å². The molecule has 4 heteroatoms. The highest BCUT2D eigenvalue weighted by atomic mass is 16.5. The zero-order chi connectivity index (χ0) is 13.4. The maximum atomic E-state index is 11.2. The molecule has 0 saturated heterocycles. The molecule has 0 unspecified atom stereocenters. The first kappa shape index (κ1) is 11.6. The molecule has 1 aromatic heterocycles. The molecule has 0 amide bonds. The van der Waals surface area contributed by atoms with E-state index in [1.54, 1.807) is 13.2 Å². The van der Waals surface area contributed by atoms with E-state index in [1.165, 1.54) is 7.11 Å². The van der Waals surface area contributed by atoms with E-state index in [1.807, 2.05) is 24.3 Å². The van der Waals surface area contributed by atoms with Gasteiger partial charge in [-0.05, 0) is 12.1 Å². The molecule has 0 aliphatic carbocycles. The molecule has 0 atom stereocenters. The summed E-state index contributed by atoms with van der Waals surface area (Å²) in [4.78, 5) is 14.4. The zero-order valence-corrected chi connectivity index (χ0v) is 10.7. The van der Waals surface area contributed by atoms with E-state index in [2.05, 4.69) is 4.98 Å². The zero-order valence-electron chi connectivity index (χ0n) is 10.7. The number of carbonyl (C=O) groups is 1. The summed E-state index contributed by atoms with van der Waals surface area (Å²) in [5.74, 6) is 1.05. The Morgan fingerprint density at radius 2 is 1.79 bits per heavy atom. The molecular formula is C15H13NO3. The van der Waals surface area contributed by atoms with Gasteiger partial charge in [-0.15, -0.1) is 0 Å². The lowest BCUT2D eigenvalue weighted by Gasteiger charge is -2.11. The van der Waals surface area contributed by atoms with E-state index in [9.17, 15) is 4.79 Å². The lowest BCUT2D eigenvalue weighted by atomic mass is 10.1. The molecule has 0 saturated carbocycles. The molecule has 1 N–H and O–H groups in total. The predicted molar refractivity (Wildman–Crippen MR) is 74.3 cm³/mol. The molecule has 2 aromatic carbocycles. The van der Waals surface area contributed by atoms with Crippen LogP contribution in [0, 0.1) is 0 Å². The van der Waals surface area contributed by atoms with E-state index in [4.69, 9.17) is 9.47 Å². The fraction of sp³-hybridized carbons (Fsp3) is 0.133. The minimum atomic E-state index is 0.467. The molecule has 19 heavy (non-hydrogen) atoms. The van der Waals surface area contributed by atoms with E-state index in [0.717, 1.165) is 28.1 Å². The molecule has 0 aliphatic rings. The highest BCUT2D eigenvalue weighted by molar-refractivity contribution is 6.13. The van der Waals surface area contributed by atoms with E-state index >= 15 is 0 Å². The van der Waals surface area contributed by atoms with Gasteiger partial charge in [-0.1, -0.05) is 18.2 Å². The lowest BCUT2D eigenvalue weighted by Crippen LogP contribution is -1.96. The van der Waals surface area contributed by atoms with Crippen LogP contribution in [0.25, 0.3) is 21.8 Å². The molecule has 0 radical (unpaired) electrons. The second-order valence-electron chi connectivity index (χ2n) is 4.24. The van der Waals surface area contributed by atoms with Crippen LogP contribution >= 0.6 is 0 Å². The van der Waals surface area contributed by atoms with Crippen molar-refractivity contribution in [2.75, 3.05) is 14.2 Å². The molecule has 96 valence electrons. The van der Waals surface area contributed by atoms with Gasteiger partial charge in [-0.25, -0.2) is 0 Å². The van der Waals surface area contributed by atoms with E-state index < -0.39 is 0 Å². The fourth-order valence-corrected chi connectivity index (χ4v) is 2.47. The smallest absolute Gasteiger partial charge is 0.172 e. The van der Waals surface area contributed by atoms with Crippen LogP contribution < -0.4 is 9.47 Å². The summed E-state index contributed by atoms with van der Waals surface area (Å²) >= 11 is 0. The first-order valence-corrected chi connectivity index (χ1v) is 5.90. The largest absolute Gasteiger partial charge is 0.492 e. The van der Waals surface area contributed by atoms with Gasteiger partial charge in [0.25, 0.3) is 0 Å². The average molecular weight is 255 g/mol. The SMILES string of the molecule is COc1c(C=O)cc2[nH]c3ccccc3c2c1OC. The van der Waals surface area contributed by atoms with E-state index in [0.29, 0.717) is 17.1 Å². The minimum absolute atomic E-state index is 0.467. The molecule has 0 fully saturated rings. The van der Waals surface area contributed by atoms with Crippen LogP contribution in [0.3, 0.4) is 0 Å². The van der Waals surface area contributed by atoms with Crippen molar-refractivity contribution >= 4 is 28.1 Å². The third-order valence-electron chi connectivity index (χ3n) is 3.27. The summed E-state index contributed by atoms with van der Waals surface area (Å²) in [7, 11) is 3.11. The molecule has 3 aromatic rings. The number of aldehydes is 1. The number of aromatic nitrogens is 1. The van der Waals surface area contributed by atoms with Crippen molar-refractivity contribution in [2.45, 2.75) is 0 Å². The van der Waals surface area contributed by atoms with Gasteiger partial charge in [-0.2, -0.15) is 0 Å². The maximum absolute atomic E-state index is 11.2. The highest BCUT2D eigenvalue weighted by Gasteiger charge is 2.18. The summed E-state index contributed by atoms with van der Waals surface area (Å²) in [5.41, 5.74) is 2.33. The van der Waals surface area contributed by atoms with Gasteiger partial charge in [0.2, 0.25) is 0 Å². The second-order valence-corrected chi connectivity index (χ2v) is 4.24. The number of carbonyl (C=O) groups excluding carboxylic acids is 1. The van der Waals surface area contributed by atoms with E-state index in [-0.39, 0.29) is 0 Å². The van der Waals surface area contributed by atoms with Crippen molar-refractivity contribution < 1.29 is 14.3 Å². The fourth-order valence-electron chi connectivity index (χ4n) is 2.47. The molecule has 0 spiro atoms. The first-order valence-electron chi connectivity index (χ1n) is 5.90. The molecule has 0 bridgehead atoms. The Morgan fingerprint density at radius 1 is 1.05 bits per heavy atom. The number of H-pyrrole nitrogens is 1. The normalized spacial score (nSPS) is 10.8. The number of nitrogens with one attached hydrogen (secondary N) is 1. The Kier molecular flexibility index (Phi) is 2.63. The summed E-state index contributed by atoms with van der Waals surface area (Å²) in [6, 6.07) is 9.71. The number of aromatic amines is 1. The number of fused-ring (bicyclic) bond motifs is 3. The van der Waals surface area contributed by atoms with Gasteiger partial charge in [0.05, 0.1) is 30.7 Å². The number of benzene rings is 2. The van der Waals surface area contributed by atoms with Crippen LogP contribution in [0.2, 0.25) is 0 Å². The van der Waals surface area contributed by atoms with Crippen molar-refractivity contribution in [1.82, 2.24) is 4.98 Å². The van der Waals surface area contributed by atoms with Gasteiger partial charge in [0.1, 0.15) is 0 Å². The van der Waals surface area contributed by atoms with Crippen LogP contribution in [-0.4, -0.2) is 25.5 Å². The summed E-state index contributed by atoms with van der Waals surface area (Å²) < 4.78 is 10.8. The van der Waals surface area contributed by atoms with Crippen LogP contribution in [0.5, 0.6) is 11.5 Å². The second kappa shape index (κ2) is 4.31. The quantitative estimate of drug-likeness (QED) is 0.731. The number of hydrogen-bond acceptors (Lipinski definition) is 3. The highest BCUT2D eigenvalue weighted by Crippen LogP contribution is 2.41. The Bertz CT molecular complexity index is 774. The summed E-state index contributed by atoms with van der Waals surface area (Å²) in [6.45, 7) is 0. The van der Waals surface area contributed by atoms with Crippen molar-refractivity contribution in [3.05, 3.63) is 35.9 Å². The standard InChI is InChI=1S/C15H13NO3/c1-18-14-9(8-17)7-12-13(15(14)19-2)10-5-3-4-6-11(10)16-12/h3-8,16H,1-2H3. The minimum Gasteiger partial charge on any atom is -0.492 e. The van der Waals surface area contributed by atoms with Crippen LogP contribution in [0.4, 0.5) is 0 Å². The summed E-state index contributed by atoms with van der Waals surface area (Å²) in [5, 5.41) is 1.98. The molecular weight excluding hydrogens is 242 g/mol. The Hall–Kier alpha value is -2.49. The number of hydrogen-bond donors (Lipinski definition) is 1. The Labute approximate surface area is 109 Å². The molecule has 0 aliphatic heterocycles. The van der Waals surface area contributed by atoms with Crippen molar-refractivity contribution in [1.29, 1.82) is 0 Å². The lowest BCUT2D eigenvalue weighted by molar-refractivity contribution is 0.112. The Morgan fingerprint density at radius 3 is 2.47 bits per heavy atom. The van der Waals surface area contributed by atoms with Crippen LogP contribution in [-0.2, 0) is 0 Å². The number of ether oxygens (including phenoxy) is 2. The third-order valence-corrected chi connectivity index (χ3v) is 3.27. The molecule has 4 nitrogen and oxygen atoms in total. The summed E-state index contributed by atoms with van der Waals surface area (Å²) in [6.07, 6.45) is 0.770. The monoisotopic (exact) mass is 255 g/mol. The van der Waals surface area contributed by atoms with Gasteiger partial charge in [0, 0.05) is 10.9 Å². The van der Waals surface area contributed by atoms with Gasteiger partial charge < -0.3 is 14.5 Å². The Balaban J connectivity index is 2.54. The van der Waals surface area contributed by atoms with Crippen molar-refractivity contribution in [3.63, 3.8) is 0 Å². The predicted octanol–water partition coefficient (Wildman–Crippen LogP) is 3.15. The molecule has 3 rings (SSSR count). The topological polar surface area (TPSA) is 51.3 Å². The first-order chi connectivity index (χ1) is 9.30. The van der Waals surface area contributed by atoms with Crippen LogP contribution in [0.1, 0.15) is 10.4 Å². The van der Waals surface area contributed by atoms with Crippen molar-refractivity contribution in [3.8, 4) is 11.5 Å². The van der Waals surface area contributed by atoms with Gasteiger partial charge >= 0.3 is 0 Å². The van der Waals surface area contributed by atoms with Crippen LogP contribution in [0.15, 0.2) is 30.3 Å². The van der Waals surface area contributed by atoms with Gasteiger partial charge in [0.15, 0.2) is 17.8 Å². The maximum Gasteiger partial charge on any atom is 0.172 e. The third kappa shape index (κ3) is 1.57. The average Bonchev–Trinajstić information content (AvgIpc) is 2.83. The molecule has 1 heterocycles. The number of para-hydroxylation sites is 1. The number of methoxy groups -OCH3 is 2.